The van der Waals surface area contributed by atoms with Gasteiger partial charge in [-0.05, 0) is 106 Å². The molecule has 0 aromatic carbocycles. The van der Waals surface area contributed by atoms with Gasteiger partial charge in [-0.25, -0.2) is 0 Å². The van der Waals surface area contributed by atoms with Crippen LogP contribution in [0, 0.1) is 58.7 Å². The van der Waals surface area contributed by atoms with Crippen molar-refractivity contribution in [3.8, 4) is 0 Å². The van der Waals surface area contributed by atoms with E-state index < -0.39 is 24.2 Å². The molecule has 6 aliphatic carbocycles. The topological polar surface area (TPSA) is 138 Å². The minimum absolute atomic E-state index is 0.0317. The molecule has 54 heavy (non-hydrogen) atoms. The molecule has 0 aromatic rings. The Morgan fingerprint density at radius 3 is 2.37 bits per heavy atom. The fraction of sp³-hybridized carbons (Fsp3) is 0.930. The number of carbonyl (C=O) groups is 3. The third-order valence-corrected chi connectivity index (χ3v) is 15.9. The van der Waals surface area contributed by atoms with Crippen LogP contribution in [0.3, 0.4) is 0 Å². The molecule has 6 saturated carbocycles. The molecule has 7 fully saturated rings. The predicted molar refractivity (Wildman–Crippen MR) is 208 cm³/mol. The Hall–Kier alpha value is -1.79. The Bertz CT molecular complexity index is 1280. The van der Waals surface area contributed by atoms with Gasteiger partial charge in [0.2, 0.25) is 11.8 Å². The van der Waals surface area contributed by atoms with Gasteiger partial charge in [0, 0.05) is 51.0 Å². The number of methoxy groups -OCH3 is 1. The largest absolute Gasteiger partial charge is 0.462 e. The smallest absolute Gasteiger partial charge is 0.306 e. The molecular weight excluding hydrogens is 684 g/mol. The molecule has 7 rings (SSSR count). The van der Waals surface area contributed by atoms with E-state index in [4.69, 9.17) is 14.3 Å². The maximum atomic E-state index is 14.7. The molecule has 7 aliphatic rings. The first-order valence-electron chi connectivity index (χ1n) is 21.9. The number of hydrogen-bond donors (Lipinski definition) is 4. The molecule has 2 bridgehead atoms. The lowest BCUT2D eigenvalue weighted by molar-refractivity contribution is -0.193. The molecular formula is C43H74N4O7. The van der Waals surface area contributed by atoms with Crippen molar-refractivity contribution in [1.29, 1.82) is 0 Å². The van der Waals surface area contributed by atoms with Crippen molar-refractivity contribution in [3.05, 3.63) is 0 Å². The summed E-state index contributed by atoms with van der Waals surface area (Å²) in [6, 6.07) is -0.375. The second-order valence-electron chi connectivity index (χ2n) is 19.1. The number of ether oxygens (including phenoxy) is 2. The third-order valence-electron chi connectivity index (χ3n) is 15.9. The molecule has 1 saturated heterocycles. The standard InChI is InChI=1S/C43H74N4O7/c1-25-34-21-31(43(34,3)4)22-35(25)46-42(51)39-38(26(2)53-37(49)17-16-27-12-9-8-10-13-27)36(24-48)54-47(39)23-28-14-11-15-33(40(28)52-7)29-18-30(41(50)45-6)20-32(19-29)44-5/h25-36,38-40,44,48H,8-24H2,1-7H3,(H,45,50)(H,46,51)/t25-,26-,28?,29?,30?,31+,32?,33?,34-,35-,36-,38+,39-,40?/m0/s1. The maximum Gasteiger partial charge on any atom is 0.306 e. The molecule has 14 atom stereocenters. The summed E-state index contributed by atoms with van der Waals surface area (Å²) in [5.41, 5.74) is 0.298. The van der Waals surface area contributed by atoms with Crippen molar-refractivity contribution >= 4 is 17.8 Å². The predicted octanol–water partition coefficient (Wildman–Crippen LogP) is 5.24. The first-order valence-corrected chi connectivity index (χ1v) is 21.9. The van der Waals surface area contributed by atoms with E-state index in [1.807, 2.05) is 19.0 Å². The van der Waals surface area contributed by atoms with Gasteiger partial charge in [0.1, 0.15) is 18.2 Å². The van der Waals surface area contributed by atoms with Gasteiger partial charge in [-0.3, -0.25) is 19.2 Å². The monoisotopic (exact) mass is 759 g/mol. The van der Waals surface area contributed by atoms with Crippen molar-refractivity contribution in [2.75, 3.05) is 34.4 Å². The van der Waals surface area contributed by atoms with Crippen molar-refractivity contribution < 1.29 is 33.8 Å². The van der Waals surface area contributed by atoms with Crippen molar-refractivity contribution in [3.63, 3.8) is 0 Å². The van der Waals surface area contributed by atoms with Crippen LogP contribution in [0.5, 0.6) is 0 Å². The van der Waals surface area contributed by atoms with E-state index in [9.17, 15) is 19.5 Å². The Morgan fingerprint density at radius 1 is 0.963 bits per heavy atom. The Kier molecular flexibility index (Phi) is 14.1. The highest BCUT2D eigenvalue weighted by Gasteiger charge is 2.58. The van der Waals surface area contributed by atoms with Gasteiger partial charge in [-0.1, -0.05) is 59.3 Å². The minimum Gasteiger partial charge on any atom is -0.462 e. The summed E-state index contributed by atoms with van der Waals surface area (Å²) in [6.07, 6.45) is 13.8. The fourth-order valence-corrected chi connectivity index (χ4v) is 12.6. The van der Waals surface area contributed by atoms with Crippen LogP contribution in [0.15, 0.2) is 0 Å². The number of nitrogens with one attached hydrogen (secondary N) is 3. The molecule has 11 nitrogen and oxygen atoms in total. The summed E-state index contributed by atoms with van der Waals surface area (Å²) in [4.78, 5) is 47.4. The molecule has 11 heteroatoms. The number of carbonyl (C=O) groups excluding carboxylic acids is 3. The zero-order chi connectivity index (χ0) is 38.7. The van der Waals surface area contributed by atoms with Crippen LogP contribution < -0.4 is 16.0 Å². The van der Waals surface area contributed by atoms with Crippen LogP contribution in [0.25, 0.3) is 0 Å². The first-order chi connectivity index (χ1) is 25.9. The number of aliphatic hydroxyl groups excluding tert-OH is 1. The van der Waals surface area contributed by atoms with Gasteiger partial charge in [-0.15, -0.1) is 0 Å². The van der Waals surface area contributed by atoms with Crippen molar-refractivity contribution in [1.82, 2.24) is 21.0 Å². The molecule has 1 aliphatic heterocycles. The fourth-order valence-electron chi connectivity index (χ4n) is 12.6. The number of esters is 1. The van der Waals surface area contributed by atoms with Crippen LogP contribution in [0.1, 0.15) is 124 Å². The molecule has 0 aromatic heterocycles. The van der Waals surface area contributed by atoms with Gasteiger partial charge in [0.15, 0.2) is 0 Å². The van der Waals surface area contributed by atoms with Crippen LogP contribution >= 0.6 is 0 Å². The van der Waals surface area contributed by atoms with Gasteiger partial charge in [0.05, 0.1) is 18.6 Å². The summed E-state index contributed by atoms with van der Waals surface area (Å²) >= 11 is 0. The molecule has 0 spiro atoms. The number of aliphatic hydroxyl groups is 1. The van der Waals surface area contributed by atoms with Crippen LogP contribution in [-0.2, 0) is 28.7 Å². The lowest BCUT2D eigenvalue weighted by Gasteiger charge is -2.62. The highest BCUT2D eigenvalue weighted by atomic mass is 16.7. The van der Waals surface area contributed by atoms with Crippen LogP contribution in [-0.4, -0.2) is 98.7 Å². The minimum atomic E-state index is -0.722. The normalized spacial score (nSPS) is 40.3. The van der Waals surface area contributed by atoms with Gasteiger partial charge >= 0.3 is 5.97 Å². The van der Waals surface area contributed by atoms with Gasteiger partial charge in [0.25, 0.3) is 0 Å². The van der Waals surface area contributed by atoms with Gasteiger partial charge < -0.3 is 30.5 Å². The molecule has 4 N–H and O–H groups in total. The SMILES string of the molecule is CNC(=O)C1CC(NC)CC(C2CCCC(CN3O[C@@H](CO)[C@@H]([C@H](C)OC(=O)CCC4CCCCC4)[C@H]3C(=O)N[C@H]3C[C@H]4C[C@@H]([C@@H]3C)C4(C)C)C2OC)C1. The summed E-state index contributed by atoms with van der Waals surface area (Å²) in [6.45, 7) is 9.09. The number of rotatable bonds is 14. The highest BCUT2D eigenvalue weighted by molar-refractivity contribution is 5.83. The number of amides is 2. The summed E-state index contributed by atoms with van der Waals surface area (Å²) in [7, 11) is 5.51. The van der Waals surface area contributed by atoms with E-state index in [1.165, 1.54) is 38.5 Å². The quantitative estimate of drug-likeness (QED) is 0.175. The molecule has 0 radical (unpaired) electrons. The summed E-state index contributed by atoms with van der Waals surface area (Å²) < 4.78 is 12.5. The Labute approximate surface area is 325 Å². The van der Waals surface area contributed by atoms with E-state index >= 15 is 0 Å². The average Bonchev–Trinajstić information content (AvgIpc) is 3.55. The van der Waals surface area contributed by atoms with Crippen LogP contribution in [0.2, 0.25) is 0 Å². The zero-order valence-corrected chi connectivity index (χ0v) is 34.5. The Morgan fingerprint density at radius 2 is 1.72 bits per heavy atom. The van der Waals surface area contributed by atoms with Crippen molar-refractivity contribution in [2.24, 2.45) is 58.7 Å². The number of hydroxylamine groups is 2. The van der Waals surface area contributed by atoms with E-state index in [1.54, 1.807) is 14.2 Å². The lowest BCUT2D eigenvalue weighted by atomic mass is 9.45. The molecule has 6 unspecified atom stereocenters. The van der Waals surface area contributed by atoms with E-state index in [-0.39, 0.29) is 60.3 Å². The molecule has 2 amide bonds. The number of hydrogen-bond acceptors (Lipinski definition) is 9. The van der Waals surface area contributed by atoms with Crippen molar-refractivity contribution in [2.45, 2.75) is 160 Å². The highest BCUT2D eigenvalue weighted by Crippen LogP contribution is 2.61. The summed E-state index contributed by atoms with van der Waals surface area (Å²) in [5, 5.41) is 22.4. The average molecular weight is 759 g/mol. The second kappa shape index (κ2) is 18.2. The maximum absolute atomic E-state index is 14.7. The molecule has 1 heterocycles. The number of nitrogens with zero attached hydrogens (tertiary/aromatic N) is 1. The first kappa shape index (κ1) is 41.8. The lowest BCUT2D eigenvalue weighted by Crippen LogP contribution is -2.62. The van der Waals surface area contributed by atoms with E-state index in [0.29, 0.717) is 48.0 Å². The Balaban J connectivity index is 1.20. The molecule has 308 valence electrons. The third kappa shape index (κ3) is 8.85. The van der Waals surface area contributed by atoms with E-state index in [0.717, 1.165) is 51.4 Å². The number of fused-ring (bicyclic) bond motifs is 2. The second-order valence-corrected chi connectivity index (χ2v) is 19.1. The van der Waals surface area contributed by atoms with Crippen LogP contribution in [0.4, 0.5) is 0 Å². The zero-order valence-electron chi connectivity index (χ0n) is 34.5. The summed E-state index contributed by atoms with van der Waals surface area (Å²) in [5.74, 6) is 2.02. The van der Waals surface area contributed by atoms with Gasteiger partial charge in [-0.2, -0.15) is 5.06 Å². The van der Waals surface area contributed by atoms with E-state index in [2.05, 4.69) is 36.7 Å².